The van der Waals surface area contributed by atoms with Gasteiger partial charge in [-0.05, 0) is 54.5 Å². The Morgan fingerprint density at radius 2 is 2.03 bits per heavy atom. The van der Waals surface area contributed by atoms with Gasteiger partial charge in [0.2, 0.25) is 11.9 Å². The normalized spacial score (nSPS) is 16.2. The van der Waals surface area contributed by atoms with Crippen LogP contribution in [0.3, 0.4) is 0 Å². The third kappa shape index (κ3) is 3.96. The number of aromatic nitrogens is 3. The highest BCUT2D eigenvalue weighted by Gasteiger charge is 2.25. The molecular weight excluding hydrogens is 438 g/mol. The van der Waals surface area contributed by atoms with Crippen LogP contribution in [0.4, 0.5) is 5.95 Å². The van der Waals surface area contributed by atoms with Crippen molar-refractivity contribution in [3.8, 4) is 5.69 Å². The zero-order valence-corrected chi connectivity index (χ0v) is 18.8. The lowest BCUT2D eigenvalue weighted by molar-refractivity contribution is -0.129. The molecule has 0 spiro atoms. The minimum absolute atomic E-state index is 0.139. The SMILES string of the molecule is O=C(CSc1nnc(N2CCCC2)n1-c1cccc(Cl)c1)N1CCc2sccc2C1. The average Bonchev–Trinajstić information content (AvgIpc) is 3.51. The van der Waals surface area contributed by atoms with Gasteiger partial charge < -0.3 is 9.80 Å². The quantitative estimate of drug-likeness (QED) is 0.533. The molecule has 0 saturated carbocycles. The Labute approximate surface area is 188 Å². The number of hydrogen-bond donors (Lipinski definition) is 0. The van der Waals surface area contributed by atoms with E-state index in [4.69, 9.17) is 11.6 Å². The lowest BCUT2D eigenvalue weighted by Gasteiger charge is -2.27. The first kappa shape index (κ1) is 19.9. The predicted molar refractivity (Wildman–Crippen MR) is 122 cm³/mol. The Morgan fingerprint density at radius 1 is 1.17 bits per heavy atom. The van der Waals surface area contributed by atoms with Gasteiger partial charge in [0.25, 0.3) is 0 Å². The number of thiophene rings is 1. The molecule has 0 bridgehead atoms. The number of hydrogen-bond acceptors (Lipinski definition) is 6. The Bertz CT molecular complexity index is 1060. The number of carbonyl (C=O) groups is 1. The number of benzene rings is 1. The summed E-state index contributed by atoms with van der Waals surface area (Å²) in [5.41, 5.74) is 2.20. The maximum absolute atomic E-state index is 12.9. The molecule has 0 unspecified atom stereocenters. The first-order valence-electron chi connectivity index (χ1n) is 10.1. The molecule has 3 aromatic rings. The summed E-state index contributed by atoms with van der Waals surface area (Å²) in [6.07, 6.45) is 3.26. The van der Waals surface area contributed by atoms with E-state index in [2.05, 4.69) is 26.5 Å². The fourth-order valence-corrected chi connectivity index (χ4v) is 5.92. The Kier molecular flexibility index (Phi) is 5.71. The van der Waals surface area contributed by atoms with Gasteiger partial charge in [-0.2, -0.15) is 0 Å². The molecule has 0 N–H and O–H groups in total. The van der Waals surface area contributed by atoms with Crippen molar-refractivity contribution >= 4 is 46.6 Å². The van der Waals surface area contributed by atoms with E-state index in [1.807, 2.05) is 33.7 Å². The molecule has 6 nitrogen and oxygen atoms in total. The Hall–Kier alpha value is -2.03. The van der Waals surface area contributed by atoms with Crippen LogP contribution < -0.4 is 4.90 Å². The van der Waals surface area contributed by atoms with Gasteiger partial charge in [0, 0.05) is 36.1 Å². The largest absolute Gasteiger partial charge is 0.341 e. The van der Waals surface area contributed by atoms with E-state index < -0.39 is 0 Å². The van der Waals surface area contributed by atoms with Crippen molar-refractivity contribution in [2.24, 2.45) is 0 Å². The first-order valence-corrected chi connectivity index (χ1v) is 12.4. The summed E-state index contributed by atoms with van der Waals surface area (Å²) in [4.78, 5) is 18.5. The molecule has 1 amide bonds. The van der Waals surface area contributed by atoms with Gasteiger partial charge in [0.15, 0.2) is 5.16 Å². The molecule has 4 heterocycles. The highest BCUT2D eigenvalue weighted by molar-refractivity contribution is 7.99. The van der Waals surface area contributed by atoms with E-state index in [-0.39, 0.29) is 5.91 Å². The van der Waals surface area contributed by atoms with Crippen molar-refractivity contribution in [1.82, 2.24) is 19.7 Å². The van der Waals surface area contributed by atoms with Crippen molar-refractivity contribution in [3.63, 3.8) is 0 Å². The van der Waals surface area contributed by atoms with Gasteiger partial charge in [0.05, 0.1) is 11.4 Å². The van der Waals surface area contributed by atoms with Crippen LogP contribution in [-0.4, -0.2) is 51.0 Å². The van der Waals surface area contributed by atoms with E-state index in [0.29, 0.717) is 17.3 Å². The number of amides is 1. The summed E-state index contributed by atoms with van der Waals surface area (Å²) in [7, 11) is 0. The molecule has 1 aromatic carbocycles. The molecule has 2 aromatic heterocycles. The van der Waals surface area contributed by atoms with E-state index in [1.165, 1.54) is 22.2 Å². The fraction of sp³-hybridized carbons (Fsp3) is 0.381. The standard InChI is InChI=1S/C21H22ClN5OS2/c22-16-4-3-5-17(12-16)27-20(25-8-1-2-9-25)23-24-21(27)30-14-19(28)26-10-6-18-15(13-26)7-11-29-18/h3-5,7,11-12H,1-2,6,8-10,13-14H2. The first-order chi connectivity index (χ1) is 14.7. The number of halogens is 1. The summed E-state index contributed by atoms with van der Waals surface area (Å²) in [5, 5.41) is 12.4. The number of nitrogens with zero attached hydrogens (tertiary/aromatic N) is 5. The van der Waals surface area contributed by atoms with Gasteiger partial charge in [0.1, 0.15) is 0 Å². The van der Waals surface area contributed by atoms with E-state index in [0.717, 1.165) is 55.7 Å². The number of thioether (sulfide) groups is 1. The molecule has 2 aliphatic rings. The van der Waals surface area contributed by atoms with Crippen molar-refractivity contribution in [3.05, 3.63) is 51.2 Å². The van der Waals surface area contributed by atoms with Gasteiger partial charge in [-0.25, -0.2) is 0 Å². The molecule has 1 fully saturated rings. The smallest absolute Gasteiger partial charge is 0.233 e. The topological polar surface area (TPSA) is 54.3 Å². The zero-order valence-electron chi connectivity index (χ0n) is 16.5. The lowest BCUT2D eigenvalue weighted by Crippen LogP contribution is -2.36. The second-order valence-corrected chi connectivity index (χ2v) is 9.89. The molecule has 5 rings (SSSR count). The third-order valence-electron chi connectivity index (χ3n) is 5.56. The molecule has 2 aliphatic heterocycles. The molecule has 0 radical (unpaired) electrons. The highest BCUT2D eigenvalue weighted by atomic mass is 35.5. The van der Waals surface area contributed by atoms with Crippen LogP contribution in [0.1, 0.15) is 23.3 Å². The van der Waals surface area contributed by atoms with Crippen LogP contribution in [0, 0.1) is 0 Å². The number of carbonyl (C=O) groups excluding carboxylic acids is 1. The second kappa shape index (κ2) is 8.61. The molecule has 0 aliphatic carbocycles. The summed E-state index contributed by atoms with van der Waals surface area (Å²) in [5.74, 6) is 1.31. The van der Waals surface area contributed by atoms with Crippen molar-refractivity contribution < 1.29 is 4.79 Å². The minimum Gasteiger partial charge on any atom is -0.341 e. The van der Waals surface area contributed by atoms with Crippen LogP contribution in [0.25, 0.3) is 5.69 Å². The van der Waals surface area contributed by atoms with Crippen molar-refractivity contribution in [2.75, 3.05) is 30.3 Å². The fourth-order valence-electron chi connectivity index (χ4n) is 4.00. The van der Waals surface area contributed by atoms with Crippen LogP contribution in [0.5, 0.6) is 0 Å². The average molecular weight is 460 g/mol. The monoisotopic (exact) mass is 459 g/mol. The van der Waals surface area contributed by atoms with E-state index in [9.17, 15) is 4.79 Å². The molecule has 9 heteroatoms. The molecular formula is C21H22ClN5OS2. The van der Waals surface area contributed by atoms with Crippen molar-refractivity contribution in [1.29, 1.82) is 0 Å². The van der Waals surface area contributed by atoms with Crippen LogP contribution in [-0.2, 0) is 17.8 Å². The number of fused-ring (bicyclic) bond motifs is 1. The Morgan fingerprint density at radius 3 is 2.87 bits per heavy atom. The summed E-state index contributed by atoms with van der Waals surface area (Å²) in [6.45, 7) is 3.43. The van der Waals surface area contributed by atoms with Gasteiger partial charge in [-0.3, -0.25) is 9.36 Å². The molecule has 0 atom stereocenters. The van der Waals surface area contributed by atoms with Crippen molar-refractivity contribution in [2.45, 2.75) is 31.0 Å². The number of anilines is 1. The van der Waals surface area contributed by atoms with Gasteiger partial charge in [-0.15, -0.1) is 21.5 Å². The maximum Gasteiger partial charge on any atom is 0.233 e. The maximum atomic E-state index is 12.9. The predicted octanol–water partition coefficient (Wildman–Crippen LogP) is 4.26. The highest BCUT2D eigenvalue weighted by Crippen LogP contribution is 2.30. The van der Waals surface area contributed by atoms with Gasteiger partial charge >= 0.3 is 0 Å². The Balaban J connectivity index is 1.36. The third-order valence-corrected chi connectivity index (χ3v) is 7.73. The summed E-state index contributed by atoms with van der Waals surface area (Å²) < 4.78 is 2.03. The van der Waals surface area contributed by atoms with Crippen LogP contribution in [0.15, 0.2) is 40.9 Å². The van der Waals surface area contributed by atoms with Gasteiger partial charge in [-0.1, -0.05) is 29.4 Å². The van der Waals surface area contributed by atoms with E-state index in [1.54, 1.807) is 11.3 Å². The number of rotatable bonds is 5. The van der Waals surface area contributed by atoms with Crippen LogP contribution >= 0.6 is 34.7 Å². The second-order valence-electron chi connectivity index (χ2n) is 7.51. The minimum atomic E-state index is 0.139. The lowest BCUT2D eigenvalue weighted by atomic mass is 10.1. The molecule has 1 saturated heterocycles. The zero-order chi connectivity index (χ0) is 20.5. The molecule has 156 valence electrons. The summed E-state index contributed by atoms with van der Waals surface area (Å²) >= 11 is 9.48. The molecule has 30 heavy (non-hydrogen) atoms. The van der Waals surface area contributed by atoms with Crippen LogP contribution in [0.2, 0.25) is 5.02 Å². The summed E-state index contributed by atoms with van der Waals surface area (Å²) in [6, 6.07) is 9.83. The van der Waals surface area contributed by atoms with E-state index >= 15 is 0 Å².